The fourth-order valence-corrected chi connectivity index (χ4v) is 2.87. The Kier molecular flexibility index (Phi) is 5.54. The van der Waals surface area contributed by atoms with Crippen LogP contribution in [0.3, 0.4) is 0 Å². The Hall–Kier alpha value is -2.85. The Morgan fingerprint density at radius 2 is 1.81 bits per heavy atom. The van der Waals surface area contributed by atoms with Gasteiger partial charge in [-0.25, -0.2) is 0 Å². The number of benzene rings is 3. The van der Waals surface area contributed by atoms with Gasteiger partial charge < -0.3 is 10.1 Å². The molecule has 5 heteroatoms. The van der Waals surface area contributed by atoms with Gasteiger partial charge in [0.05, 0.1) is 5.56 Å². The molecule has 0 saturated heterocycles. The van der Waals surface area contributed by atoms with Crippen molar-refractivity contribution in [1.29, 1.82) is 0 Å². The molecule has 3 aromatic rings. The first-order valence-electron chi connectivity index (χ1n) is 8.31. The Morgan fingerprint density at radius 1 is 1.04 bits per heavy atom. The number of carbonyl (C=O) groups is 2. The van der Waals surface area contributed by atoms with Crippen molar-refractivity contribution < 1.29 is 14.3 Å². The lowest BCUT2D eigenvalue weighted by atomic mass is 10.1. The molecule has 0 bridgehead atoms. The second-order valence-electron chi connectivity index (χ2n) is 5.78. The van der Waals surface area contributed by atoms with Crippen LogP contribution in [-0.4, -0.2) is 18.3 Å². The molecule has 0 aromatic heterocycles. The summed E-state index contributed by atoms with van der Waals surface area (Å²) >= 11 is 5.96. The molecule has 0 aliphatic carbocycles. The van der Waals surface area contributed by atoms with Gasteiger partial charge >= 0.3 is 0 Å². The number of hydrogen-bond donors (Lipinski definition) is 1. The first-order valence-corrected chi connectivity index (χ1v) is 8.69. The van der Waals surface area contributed by atoms with Crippen LogP contribution in [0.25, 0.3) is 10.8 Å². The molecule has 3 rings (SSSR count). The van der Waals surface area contributed by atoms with E-state index in [2.05, 4.69) is 5.32 Å². The molecule has 0 unspecified atom stereocenters. The summed E-state index contributed by atoms with van der Waals surface area (Å²) < 4.78 is 5.57. The van der Waals surface area contributed by atoms with Crippen LogP contribution in [0.15, 0.2) is 60.7 Å². The van der Waals surface area contributed by atoms with Crippen molar-refractivity contribution in [3.63, 3.8) is 0 Å². The number of anilines is 1. The Balaban J connectivity index is 1.72. The lowest BCUT2D eigenvalue weighted by Crippen LogP contribution is -2.21. The first-order chi connectivity index (χ1) is 12.6. The molecular weight excluding hydrogens is 350 g/mol. The number of hydrogen-bond acceptors (Lipinski definition) is 3. The molecule has 0 aliphatic heterocycles. The second kappa shape index (κ2) is 8.02. The number of rotatable bonds is 6. The highest BCUT2D eigenvalue weighted by Gasteiger charge is 2.13. The smallest absolute Gasteiger partial charge is 0.262 e. The third-order valence-corrected chi connectivity index (χ3v) is 4.22. The van der Waals surface area contributed by atoms with Crippen molar-refractivity contribution in [2.45, 2.75) is 13.3 Å². The first kappa shape index (κ1) is 18.0. The third kappa shape index (κ3) is 4.03. The molecule has 1 N–H and O–H groups in total. The van der Waals surface area contributed by atoms with Crippen molar-refractivity contribution in [3.05, 3.63) is 71.2 Å². The molecule has 3 aromatic carbocycles. The lowest BCUT2D eigenvalue weighted by Gasteiger charge is -2.12. The number of carbonyl (C=O) groups excluding carboxylic acids is 2. The molecule has 0 atom stereocenters. The fraction of sp³-hybridized carbons (Fsp3) is 0.143. The number of ketones is 1. The van der Waals surface area contributed by atoms with Gasteiger partial charge in [-0.1, -0.05) is 54.9 Å². The van der Waals surface area contributed by atoms with Crippen molar-refractivity contribution in [3.8, 4) is 5.75 Å². The van der Waals surface area contributed by atoms with Gasteiger partial charge in [0.25, 0.3) is 5.91 Å². The maximum absolute atomic E-state index is 12.3. The minimum atomic E-state index is -0.300. The number of halogens is 1. The minimum absolute atomic E-state index is 0.0861. The van der Waals surface area contributed by atoms with Gasteiger partial charge in [0, 0.05) is 22.5 Å². The Morgan fingerprint density at radius 3 is 2.62 bits per heavy atom. The zero-order valence-corrected chi connectivity index (χ0v) is 15.0. The average molecular weight is 368 g/mol. The molecule has 0 fully saturated rings. The molecule has 0 radical (unpaired) electrons. The normalized spacial score (nSPS) is 10.5. The van der Waals surface area contributed by atoms with E-state index in [0.717, 1.165) is 16.5 Å². The SMILES string of the molecule is CCC(=O)c1cc(Cl)ccc1OCC(=O)Nc1cccc2ccccc12. The number of Topliss-reactive ketones (excluding diaryl/α,β-unsaturated/α-hetero) is 1. The summed E-state index contributed by atoms with van der Waals surface area (Å²) in [5.74, 6) is -0.0301. The van der Waals surface area contributed by atoms with E-state index in [-0.39, 0.29) is 18.3 Å². The quantitative estimate of drug-likeness (QED) is 0.616. The summed E-state index contributed by atoms with van der Waals surface area (Å²) in [5.41, 5.74) is 1.11. The standard InChI is InChI=1S/C21H18ClNO3/c1-2-19(24)17-12-15(22)10-11-20(17)26-13-21(25)23-18-9-5-7-14-6-3-4-8-16(14)18/h3-12H,2,13H2,1H3,(H,23,25). The predicted molar refractivity (Wildman–Crippen MR) is 104 cm³/mol. The van der Waals surface area contributed by atoms with Crippen LogP contribution in [-0.2, 0) is 4.79 Å². The van der Waals surface area contributed by atoms with Crippen molar-refractivity contribution in [2.75, 3.05) is 11.9 Å². The number of amides is 1. The maximum Gasteiger partial charge on any atom is 0.262 e. The number of nitrogens with one attached hydrogen (secondary N) is 1. The largest absolute Gasteiger partial charge is 0.483 e. The van der Waals surface area contributed by atoms with Gasteiger partial charge in [0.15, 0.2) is 12.4 Å². The van der Waals surface area contributed by atoms with Crippen LogP contribution in [0.5, 0.6) is 5.75 Å². The van der Waals surface area contributed by atoms with E-state index in [1.54, 1.807) is 25.1 Å². The molecular formula is C21H18ClNO3. The van der Waals surface area contributed by atoms with E-state index in [1.807, 2.05) is 42.5 Å². The topological polar surface area (TPSA) is 55.4 Å². The Labute approximate surface area is 156 Å². The maximum atomic E-state index is 12.3. The van der Waals surface area contributed by atoms with Crippen LogP contribution in [0.4, 0.5) is 5.69 Å². The number of ether oxygens (including phenoxy) is 1. The molecule has 4 nitrogen and oxygen atoms in total. The summed E-state index contributed by atoms with van der Waals surface area (Å²) in [7, 11) is 0. The Bertz CT molecular complexity index is 963. The summed E-state index contributed by atoms with van der Waals surface area (Å²) in [5, 5.41) is 5.30. The van der Waals surface area contributed by atoms with Crippen molar-refractivity contribution in [2.24, 2.45) is 0 Å². The molecule has 0 aliphatic rings. The highest BCUT2D eigenvalue weighted by atomic mass is 35.5. The molecule has 26 heavy (non-hydrogen) atoms. The van der Waals surface area contributed by atoms with E-state index in [0.29, 0.717) is 22.8 Å². The van der Waals surface area contributed by atoms with Crippen molar-refractivity contribution in [1.82, 2.24) is 0 Å². The molecule has 0 spiro atoms. The predicted octanol–water partition coefficient (Wildman–Crippen LogP) is 5.10. The van der Waals surface area contributed by atoms with E-state index < -0.39 is 0 Å². The van der Waals surface area contributed by atoms with Crippen molar-refractivity contribution >= 4 is 39.8 Å². The van der Waals surface area contributed by atoms with Crippen LogP contribution in [0, 0.1) is 0 Å². The van der Waals surface area contributed by atoms with Crippen LogP contribution < -0.4 is 10.1 Å². The highest BCUT2D eigenvalue weighted by Crippen LogP contribution is 2.25. The summed E-state index contributed by atoms with van der Waals surface area (Å²) in [6.45, 7) is 1.56. The lowest BCUT2D eigenvalue weighted by molar-refractivity contribution is -0.118. The van der Waals surface area contributed by atoms with Crippen LogP contribution in [0.1, 0.15) is 23.7 Å². The summed E-state index contributed by atoms with van der Waals surface area (Å²) in [4.78, 5) is 24.3. The van der Waals surface area contributed by atoms with E-state index in [9.17, 15) is 9.59 Å². The molecule has 132 valence electrons. The number of fused-ring (bicyclic) bond motifs is 1. The second-order valence-corrected chi connectivity index (χ2v) is 6.22. The van der Waals surface area contributed by atoms with Crippen LogP contribution in [0.2, 0.25) is 5.02 Å². The zero-order chi connectivity index (χ0) is 18.5. The zero-order valence-electron chi connectivity index (χ0n) is 14.3. The average Bonchev–Trinajstić information content (AvgIpc) is 2.66. The molecule has 0 heterocycles. The monoisotopic (exact) mass is 367 g/mol. The third-order valence-electron chi connectivity index (χ3n) is 3.99. The van der Waals surface area contributed by atoms with Crippen LogP contribution >= 0.6 is 11.6 Å². The van der Waals surface area contributed by atoms with Gasteiger partial charge in [0.1, 0.15) is 5.75 Å². The minimum Gasteiger partial charge on any atom is -0.483 e. The highest BCUT2D eigenvalue weighted by molar-refractivity contribution is 6.31. The van der Waals surface area contributed by atoms with Gasteiger partial charge in [0.2, 0.25) is 0 Å². The summed E-state index contributed by atoms with van der Waals surface area (Å²) in [6, 6.07) is 18.3. The van der Waals surface area contributed by atoms with Gasteiger partial charge in [-0.2, -0.15) is 0 Å². The van der Waals surface area contributed by atoms with Gasteiger partial charge in [-0.15, -0.1) is 0 Å². The van der Waals surface area contributed by atoms with Gasteiger partial charge in [-0.05, 0) is 29.7 Å². The van der Waals surface area contributed by atoms with E-state index in [1.165, 1.54) is 0 Å². The van der Waals surface area contributed by atoms with E-state index in [4.69, 9.17) is 16.3 Å². The van der Waals surface area contributed by atoms with E-state index >= 15 is 0 Å². The molecule has 1 amide bonds. The van der Waals surface area contributed by atoms with Gasteiger partial charge in [-0.3, -0.25) is 9.59 Å². The fourth-order valence-electron chi connectivity index (χ4n) is 2.70. The summed E-state index contributed by atoms with van der Waals surface area (Å²) in [6.07, 6.45) is 0.332. The molecule has 0 saturated carbocycles.